The van der Waals surface area contributed by atoms with Crippen LogP contribution in [0.25, 0.3) is 10.9 Å². The van der Waals surface area contributed by atoms with Crippen LogP contribution in [0.15, 0.2) is 47.3 Å². The number of H-pyrrole nitrogens is 1. The van der Waals surface area contributed by atoms with E-state index in [2.05, 4.69) is 9.97 Å². The number of nitrogens with zero attached hydrogens (tertiary/aromatic N) is 2. The molecule has 162 valence electrons. The van der Waals surface area contributed by atoms with Crippen molar-refractivity contribution in [1.82, 2.24) is 14.9 Å². The lowest BCUT2D eigenvalue weighted by atomic mass is 10.1. The fraction of sp³-hybridized carbons (Fsp3) is 0.348. The Labute approximate surface area is 179 Å². The lowest BCUT2D eigenvalue weighted by molar-refractivity contribution is 0.0501. The Morgan fingerprint density at radius 3 is 2.74 bits per heavy atom. The molecule has 2 heterocycles. The number of para-hydroxylation sites is 1. The largest absolute Gasteiger partial charge is 0.493 e. The van der Waals surface area contributed by atoms with Crippen molar-refractivity contribution >= 4 is 16.8 Å². The monoisotopic (exact) mass is 423 g/mol. The van der Waals surface area contributed by atoms with Gasteiger partial charge >= 0.3 is 0 Å². The number of hydrogen-bond acceptors (Lipinski definition) is 6. The Balaban J connectivity index is 1.65. The first-order valence-corrected chi connectivity index (χ1v) is 10.2. The molecule has 2 aromatic carbocycles. The molecule has 1 aromatic heterocycles. The van der Waals surface area contributed by atoms with Crippen molar-refractivity contribution in [2.75, 3.05) is 27.4 Å². The van der Waals surface area contributed by atoms with Crippen molar-refractivity contribution in [3.05, 3.63) is 64.2 Å². The van der Waals surface area contributed by atoms with Gasteiger partial charge in [0.15, 0.2) is 11.5 Å². The number of fused-ring (bicyclic) bond motifs is 1. The van der Waals surface area contributed by atoms with E-state index < -0.39 is 0 Å². The second-order valence-electron chi connectivity index (χ2n) is 7.42. The lowest BCUT2D eigenvalue weighted by Gasteiger charge is -2.25. The fourth-order valence-electron chi connectivity index (χ4n) is 3.80. The minimum atomic E-state index is -0.226. The van der Waals surface area contributed by atoms with Crippen LogP contribution in [0.5, 0.6) is 11.5 Å². The first-order valence-electron chi connectivity index (χ1n) is 10.2. The van der Waals surface area contributed by atoms with Crippen LogP contribution in [0, 0.1) is 0 Å². The summed E-state index contributed by atoms with van der Waals surface area (Å²) < 4.78 is 16.4. The van der Waals surface area contributed by atoms with Gasteiger partial charge in [-0.2, -0.15) is 0 Å². The summed E-state index contributed by atoms with van der Waals surface area (Å²) >= 11 is 0. The molecule has 3 aromatic rings. The molecule has 0 radical (unpaired) electrons. The number of carbonyl (C=O) groups is 1. The van der Waals surface area contributed by atoms with Gasteiger partial charge < -0.3 is 24.1 Å². The highest BCUT2D eigenvalue weighted by Gasteiger charge is 2.25. The highest BCUT2D eigenvalue weighted by molar-refractivity contribution is 5.95. The highest BCUT2D eigenvalue weighted by atomic mass is 16.5. The van der Waals surface area contributed by atoms with Crippen molar-refractivity contribution in [2.45, 2.75) is 25.5 Å². The molecule has 1 amide bonds. The number of ether oxygens (including phenoxy) is 3. The van der Waals surface area contributed by atoms with E-state index in [4.69, 9.17) is 14.2 Å². The van der Waals surface area contributed by atoms with Gasteiger partial charge in [-0.05, 0) is 43.2 Å². The first-order chi connectivity index (χ1) is 15.1. The number of aromatic amines is 1. The molecule has 0 saturated carbocycles. The third-order valence-corrected chi connectivity index (χ3v) is 5.37. The maximum Gasteiger partial charge on any atom is 0.258 e. The topological polar surface area (TPSA) is 93.8 Å². The molecule has 1 atom stereocenters. The van der Waals surface area contributed by atoms with E-state index in [-0.39, 0.29) is 24.1 Å². The van der Waals surface area contributed by atoms with Gasteiger partial charge in [-0.15, -0.1) is 0 Å². The molecule has 1 fully saturated rings. The molecular weight excluding hydrogens is 398 g/mol. The van der Waals surface area contributed by atoms with Crippen molar-refractivity contribution < 1.29 is 19.0 Å². The molecule has 4 rings (SSSR count). The normalized spacial score (nSPS) is 15.7. The maximum absolute atomic E-state index is 13.4. The fourth-order valence-corrected chi connectivity index (χ4v) is 3.80. The number of benzene rings is 2. The summed E-state index contributed by atoms with van der Waals surface area (Å²) in [5, 5.41) is 0.517. The van der Waals surface area contributed by atoms with Crippen LogP contribution in [-0.4, -0.2) is 54.3 Å². The Morgan fingerprint density at radius 2 is 2.00 bits per heavy atom. The molecule has 0 spiro atoms. The van der Waals surface area contributed by atoms with Crippen LogP contribution >= 0.6 is 0 Å². The predicted molar refractivity (Wildman–Crippen MR) is 116 cm³/mol. The van der Waals surface area contributed by atoms with Crippen LogP contribution in [0.1, 0.15) is 29.0 Å². The Morgan fingerprint density at radius 1 is 1.19 bits per heavy atom. The molecule has 1 saturated heterocycles. The van der Waals surface area contributed by atoms with Crippen molar-refractivity contribution in [2.24, 2.45) is 0 Å². The first kappa shape index (κ1) is 20.9. The van der Waals surface area contributed by atoms with Gasteiger partial charge in [0.2, 0.25) is 0 Å². The minimum absolute atomic E-state index is 0.0451. The molecule has 1 N–H and O–H groups in total. The van der Waals surface area contributed by atoms with Gasteiger partial charge in [0.25, 0.3) is 11.5 Å². The number of carbonyl (C=O) groups excluding carboxylic acids is 1. The van der Waals surface area contributed by atoms with Crippen LogP contribution < -0.4 is 15.0 Å². The Bertz CT molecular complexity index is 1140. The van der Waals surface area contributed by atoms with Crippen LogP contribution in [0.4, 0.5) is 0 Å². The van der Waals surface area contributed by atoms with Gasteiger partial charge in [-0.3, -0.25) is 9.59 Å². The average Bonchev–Trinajstić information content (AvgIpc) is 3.31. The zero-order valence-corrected chi connectivity index (χ0v) is 17.6. The van der Waals surface area contributed by atoms with E-state index in [1.165, 1.54) is 7.11 Å². The SMILES string of the molecule is COc1ccc(C(=O)N(Cc2nc3ccccc3c(=O)[nH]2)C[C@H]2CCCO2)cc1OC. The maximum atomic E-state index is 13.4. The van der Waals surface area contributed by atoms with Gasteiger partial charge in [-0.25, -0.2) is 4.98 Å². The predicted octanol–water partition coefficient (Wildman–Crippen LogP) is 2.76. The zero-order chi connectivity index (χ0) is 21.8. The molecule has 31 heavy (non-hydrogen) atoms. The van der Waals surface area contributed by atoms with E-state index in [1.54, 1.807) is 48.4 Å². The highest BCUT2D eigenvalue weighted by Crippen LogP contribution is 2.28. The van der Waals surface area contributed by atoms with Crippen LogP contribution in [0.3, 0.4) is 0 Å². The van der Waals surface area contributed by atoms with Crippen molar-refractivity contribution in [3.8, 4) is 11.5 Å². The van der Waals surface area contributed by atoms with E-state index in [0.29, 0.717) is 46.9 Å². The quantitative estimate of drug-likeness (QED) is 0.628. The smallest absolute Gasteiger partial charge is 0.258 e. The second kappa shape index (κ2) is 9.18. The van der Waals surface area contributed by atoms with Gasteiger partial charge in [0, 0.05) is 18.7 Å². The molecule has 8 nitrogen and oxygen atoms in total. The number of amides is 1. The third kappa shape index (κ3) is 4.54. The van der Waals surface area contributed by atoms with E-state index in [9.17, 15) is 9.59 Å². The Hall–Kier alpha value is -3.39. The number of hydrogen-bond donors (Lipinski definition) is 1. The number of nitrogens with one attached hydrogen (secondary N) is 1. The van der Waals surface area contributed by atoms with Crippen molar-refractivity contribution in [3.63, 3.8) is 0 Å². The van der Waals surface area contributed by atoms with Crippen LogP contribution in [-0.2, 0) is 11.3 Å². The number of rotatable bonds is 7. The third-order valence-electron chi connectivity index (χ3n) is 5.37. The molecule has 0 aliphatic carbocycles. The van der Waals surface area contributed by atoms with Gasteiger partial charge in [0.1, 0.15) is 5.82 Å². The summed E-state index contributed by atoms with van der Waals surface area (Å²) in [5.74, 6) is 1.25. The molecular formula is C23H25N3O5. The van der Waals surface area contributed by atoms with E-state index in [0.717, 1.165) is 12.8 Å². The summed E-state index contributed by atoms with van der Waals surface area (Å²) in [7, 11) is 3.07. The van der Waals surface area contributed by atoms with E-state index in [1.807, 2.05) is 6.07 Å². The molecule has 1 aliphatic rings. The zero-order valence-electron chi connectivity index (χ0n) is 17.6. The molecule has 1 aliphatic heterocycles. The van der Waals surface area contributed by atoms with Gasteiger partial charge in [-0.1, -0.05) is 12.1 Å². The second-order valence-corrected chi connectivity index (χ2v) is 7.42. The summed E-state index contributed by atoms with van der Waals surface area (Å²) in [5.41, 5.74) is 0.826. The van der Waals surface area contributed by atoms with Crippen molar-refractivity contribution in [1.29, 1.82) is 0 Å². The minimum Gasteiger partial charge on any atom is -0.493 e. The van der Waals surface area contributed by atoms with Gasteiger partial charge in [0.05, 0.1) is 37.8 Å². The lowest BCUT2D eigenvalue weighted by Crippen LogP contribution is -2.37. The van der Waals surface area contributed by atoms with Crippen LogP contribution in [0.2, 0.25) is 0 Å². The summed E-state index contributed by atoms with van der Waals surface area (Å²) in [6, 6.07) is 12.2. The van der Waals surface area contributed by atoms with E-state index >= 15 is 0 Å². The average molecular weight is 423 g/mol. The molecule has 0 unspecified atom stereocenters. The molecule has 0 bridgehead atoms. The summed E-state index contributed by atoms with van der Waals surface area (Å²) in [6.07, 6.45) is 1.81. The number of aromatic nitrogens is 2. The number of methoxy groups -OCH3 is 2. The molecule has 8 heteroatoms. The summed E-state index contributed by atoms with van der Waals surface area (Å²) in [6.45, 7) is 1.25. The standard InChI is InChI=1S/C23H25N3O5/c1-29-19-10-9-15(12-20(19)30-2)23(28)26(13-16-6-5-11-31-16)14-21-24-18-8-4-3-7-17(18)22(27)25-21/h3-4,7-10,12,16H,5-6,11,13-14H2,1-2H3,(H,24,25,27)/t16-/m1/s1. The summed E-state index contributed by atoms with van der Waals surface area (Å²) in [4.78, 5) is 34.9. The Kier molecular flexibility index (Phi) is 6.18.